The number of rotatable bonds is 59. The van der Waals surface area contributed by atoms with E-state index in [-0.39, 0.29) is 43.9 Å². The summed E-state index contributed by atoms with van der Waals surface area (Å²) in [6.45, 7) is -5.53. The van der Waals surface area contributed by atoms with Gasteiger partial charge < -0.3 is 134 Å². The summed E-state index contributed by atoms with van der Waals surface area (Å²) in [5, 5.41) is 191. The summed E-state index contributed by atoms with van der Waals surface area (Å²) in [5.74, 6) is -14.1. The lowest BCUT2D eigenvalue weighted by molar-refractivity contribution is -0.143. The zero-order valence-corrected chi connectivity index (χ0v) is 56.9. The van der Waals surface area contributed by atoms with E-state index in [1.807, 2.05) is 0 Å². The summed E-state index contributed by atoms with van der Waals surface area (Å²) in [6.07, 6.45) is -35.5. The van der Waals surface area contributed by atoms with Crippen LogP contribution in [0.1, 0.15) is 109 Å². The van der Waals surface area contributed by atoms with Crippen LogP contribution in [-0.2, 0) is 62.3 Å². The number of aliphatic hydroxyl groups excluding tert-OH is 15. The second kappa shape index (κ2) is 52.5. The van der Waals surface area contributed by atoms with Gasteiger partial charge in [-0.15, -0.1) is 0 Å². The number of unbranched alkanes of at least 4 members (excludes halogenated alkanes) is 1. The molecule has 0 aliphatic carbocycles. The Balaban J connectivity index is 7.58. The molecular weight excluding hydrogens is 1400 g/mol. The van der Waals surface area contributed by atoms with E-state index in [4.69, 9.17) is 26.5 Å². The molecule has 0 spiro atoms. The number of carboxylic acids is 3. The van der Waals surface area contributed by atoms with E-state index in [1.165, 1.54) is 10.8 Å². The number of carbonyl (C=O) groups excluding carboxylic acids is 10. The molecule has 0 heterocycles. The van der Waals surface area contributed by atoms with Crippen molar-refractivity contribution in [3.05, 3.63) is 0 Å². The number of nitrogens with one attached hydrogen (secondary N) is 7. The van der Waals surface area contributed by atoms with Crippen molar-refractivity contribution >= 4 is 98.4 Å². The quantitative estimate of drug-likeness (QED) is 0.00884. The summed E-state index contributed by atoms with van der Waals surface area (Å²) in [7, 11) is 2.33. The van der Waals surface area contributed by atoms with Crippen LogP contribution in [0.25, 0.3) is 0 Å². The summed E-state index contributed by atoms with van der Waals surface area (Å²) in [6, 6.07) is -5.49. The van der Waals surface area contributed by atoms with E-state index in [1.54, 1.807) is 5.43 Å². The molecule has 43 heteroatoms. The first-order valence-electron chi connectivity index (χ1n) is 32.0. The summed E-state index contributed by atoms with van der Waals surface area (Å²) < 4.78 is 4.78. The molecule has 101 heavy (non-hydrogen) atoms. The van der Waals surface area contributed by atoms with Gasteiger partial charge in [-0.05, 0) is 57.9 Å². The number of aliphatic hydroxyl groups is 15. The third-order valence-corrected chi connectivity index (χ3v) is 17.8. The average Bonchev–Trinajstić information content (AvgIpc) is 0.866. The van der Waals surface area contributed by atoms with E-state index >= 15 is 0 Å². The van der Waals surface area contributed by atoms with Gasteiger partial charge in [0.1, 0.15) is 73.4 Å². The Kier molecular flexibility index (Phi) is 49.1. The van der Waals surface area contributed by atoms with Crippen molar-refractivity contribution in [2.75, 3.05) is 64.1 Å². The van der Waals surface area contributed by atoms with E-state index in [2.05, 4.69) is 31.9 Å². The maximum atomic E-state index is 14.6. The predicted molar refractivity (Wildman–Crippen MR) is 348 cm³/mol. The number of carboxylic acid groups (broad SMARTS) is 3. The molecule has 0 fully saturated rings. The van der Waals surface area contributed by atoms with Crippen LogP contribution in [0.2, 0.25) is 0 Å². The standard InChI is InChI=1S/C58H101N9O32S2/c59-15-2-1-3-34(57(96)97)66-56(95)30(6-11-45(82)63-24-39(76)50(89)53(92)42(79)27-70)21-36(73)33(8-13-47(85)86)65-55(94)29(5-10-44(81)62-23-38(75)49(88)52(91)41(78)26-69)20-35(72)32(7-12-46(83)84)64-54(93)28(19-31(71)14-17-100-101-18-16-99-58(98)67-60)4-9-43(80)61-22-37(74)48(87)51(90)40(77)25-68/h28-30,32-34,37-42,48-53,68-70,74-79,87-92H,1-27,59-60H2,(H,61,80)(H,62,81)(H,63,82)(H,64,93)(H,65,94)(H,66,95)(H,67,98)(H,83,84)(H,85,86)(H,96,97)/t28-,29-,30-,32+,33+,34+,37+,38+,39+,40-,41-,42-,48-,49-,50-,51-,52-,53-/m1/s1. The normalized spacial score (nSPS) is 16.8. The number of carbonyl (C=O) groups is 13. The molecule has 0 rings (SSSR count). The Hall–Kier alpha value is -6.47. The Morgan fingerprint density at radius 3 is 1.06 bits per heavy atom. The van der Waals surface area contributed by atoms with Gasteiger partial charge in [-0.25, -0.2) is 15.4 Å². The van der Waals surface area contributed by atoms with E-state index in [0.717, 1.165) is 10.8 Å². The van der Waals surface area contributed by atoms with Crippen molar-refractivity contribution in [3.8, 4) is 0 Å². The number of ketones is 3. The van der Waals surface area contributed by atoms with Gasteiger partial charge in [-0.3, -0.25) is 58.2 Å². The molecule has 7 amide bonds. The van der Waals surface area contributed by atoms with Crippen LogP contribution in [0, 0.1) is 17.8 Å². The third kappa shape index (κ3) is 39.7. The predicted octanol–water partition coefficient (Wildman–Crippen LogP) is -10.5. The van der Waals surface area contributed by atoms with Crippen molar-refractivity contribution in [2.24, 2.45) is 29.3 Å². The van der Waals surface area contributed by atoms with Gasteiger partial charge in [-0.1, -0.05) is 21.6 Å². The number of hydrogen-bond donors (Lipinski definition) is 27. The first-order valence-corrected chi connectivity index (χ1v) is 34.5. The van der Waals surface area contributed by atoms with E-state index in [0.29, 0.717) is 6.42 Å². The maximum Gasteiger partial charge on any atom is 0.421 e. The molecule has 0 aromatic heterocycles. The minimum Gasteiger partial charge on any atom is -0.481 e. The summed E-state index contributed by atoms with van der Waals surface area (Å²) in [4.78, 5) is 173. The number of ether oxygens (including phenoxy) is 1. The zero-order valence-electron chi connectivity index (χ0n) is 55.2. The maximum absolute atomic E-state index is 14.6. The molecule has 41 nitrogen and oxygen atoms in total. The summed E-state index contributed by atoms with van der Waals surface area (Å²) in [5.41, 5.74) is 7.31. The fourth-order valence-electron chi connectivity index (χ4n) is 9.28. The number of aliphatic carboxylic acids is 3. The number of hydrazine groups is 1. The second-order valence-corrected chi connectivity index (χ2v) is 26.1. The van der Waals surface area contributed by atoms with Gasteiger partial charge in [0, 0.05) is 107 Å². The van der Waals surface area contributed by atoms with Crippen molar-refractivity contribution in [3.63, 3.8) is 0 Å². The molecule has 0 saturated carbocycles. The highest BCUT2D eigenvalue weighted by Crippen LogP contribution is 2.25. The number of hydrogen-bond acceptors (Lipinski definition) is 33. The van der Waals surface area contributed by atoms with Crippen molar-refractivity contribution in [1.82, 2.24) is 37.3 Å². The molecule has 0 saturated heterocycles. The highest BCUT2D eigenvalue weighted by atomic mass is 33.1. The lowest BCUT2D eigenvalue weighted by atomic mass is 9.89. The van der Waals surface area contributed by atoms with Crippen molar-refractivity contribution in [2.45, 2.75) is 201 Å². The molecule has 29 N–H and O–H groups in total. The van der Waals surface area contributed by atoms with E-state index < -0.39 is 309 Å². The SMILES string of the molecule is NCCCC[C@H](NC(=O)[C@H](CCC(=O)NC[C@H](O)[C@@H](O)[C@H](O)[C@H](O)CO)CC(=O)[C@H](CCC(=O)O)NC(=O)[C@H](CCC(=O)NC[C@H](O)[C@@H](O)[C@H](O)[C@H](O)CO)CC(=O)[C@H](CCC(=O)O)NC(=O)[C@H](CCC(=O)NC[C@H](O)[C@@H](O)[C@H](O)[C@H](O)CO)CC(=O)CCSSCCOC(=O)NN)C(=O)O. The molecule has 18 atom stereocenters. The van der Waals surface area contributed by atoms with Crippen LogP contribution in [0.5, 0.6) is 0 Å². The topological polar surface area (TPSA) is 732 Å². The zero-order chi connectivity index (χ0) is 77.1. The van der Waals surface area contributed by atoms with Gasteiger partial charge in [0.05, 0.1) is 50.2 Å². The van der Waals surface area contributed by atoms with E-state index in [9.17, 15) is 144 Å². The fourth-order valence-corrected chi connectivity index (χ4v) is 11.1. The molecule has 0 unspecified atom stereocenters. The monoisotopic (exact) mass is 1500 g/mol. The minimum absolute atomic E-state index is 0.0797. The Labute approximate surface area is 586 Å². The third-order valence-electron chi connectivity index (χ3n) is 15.5. The van der Waals surface area contributed by atoms with Crippen LogP contribution >= 0.6 is 21.6 Å². The van der Waals surface area contributed by atoms with Crippen LogP contribution in [0.15, 0.2) is 0 Å². The van der Waals surface area contributed by atoms with Gasteiger partial charge in [-0.2, -0.15) is 0 Å². The first kappa shape index (κ1) is 94.5. The second-order valence-electron chi connectivity index (χ2n) is 23.4. The minimum atomic E-state index is -2.18. The molecule has 0 aliphatic rings. The highest BCUT2D eigenvalue weighted by molar-refractivity contribution is 8.76. The molecule has 0 radical (unpaired) electrons. The molecule has 0 aromatic carbocycles. The molecule has 0 bridgehead atoms. The Bertz CT molecular complexity index is 2590. The van der Waals surface area contributed by atoms with Gasteiger partial charge in [0.15, 0.2) is 11.6 Å². The molecule has 0 aromatic rings. The van der Waals surface area contributed by atoms with Crippen LogP contribution in [0.4, 0.5) is 4.79 Å². The van der Waals surface area contributed by atoms with Crippen molar-refractivity contribution < 1.29 is 159 Å². The lowest BCUT2D eigenvalue weighted by Crippen LogP contribution is -2.50. The van der Waals surface area contributed by atoms with Crippen LogP contribution in [-0.4, -0.2) is 324 Å². The number of Topliss-reactive ketones (excluding diaryl/α,β-unsaturated/α-hetero) is 3. The number of amides is 7. The lowest BCUT2D eigenvalue weighted by Gasteiger charge is -2.26. The average molecular weight is 1500 g/mol. The largest absolute Gasteiger partial charge is 0.481 e. The molecule has 582 valence electrons. The highest BCUT2D eigenvalue weighted by Gasteiger charge is 2.38. The fraction of sp³-hybridized carbons (Fsp3) is 0.776. The van der Waals surface area contributed by atoms with Gasteiger partial charge >= 0.3 is 24.0 Å². The Morgan fingerprint density at radius 2 is 0.733 bits per heavy atom. The smallest absolute Gasteiger partial charge is 0.421 e. The van der Waals surface area contributed by atoms with Gasteiger partial charge in [0.2, 0.25) is 35.4 Å². The molecule has 0 aliphatic heterocycles. The van der Waals surface area contributed by atoms with Gasteiger partial charge in [0.25, 0.3) is 0 Å². The number of nitrogens with two attached hydrogens (primary N) is 2. The van der Waals surface area contributed by atoms with Crippen molar-refractivity contribution in [1.29, 1.82) is 0 Å². The van der Waals surface area contributed by atoms with Crippen LogP contribution in [0.3, 0.4) is 0 Å². The first-order chi connectivity index (χ1) is 47.5. The Morgan fingerprint density at radius 1 is 0.396 bits per heavy atom. The summed E-state index contributed by atoms with van der Waals surface area (Å²) >= 11 is 0. The van der Waals surface area contributed by atoms with Crippen LogP contribution < -0.4 is 48.9 Å². The molecular formula is C58H101N9O32S2.